The minimum Gasteiger partial charge on any atom is -0.478 e. The molecule has 0 spiro atoms. The lowest BCUT2D eigenvalue weighted by Crippen LogP contribution is -2.30. The summed E-state index contributed by atoms with van der Waals surface area (Å²) in [6.45, 7) is 1.53. The third-order valence-electron chi connectivity index (χ3n) is 2.54. The Labute approximate surface area is 107 Å². The second-order valence-corrected chi connectivity index (χ2v) is 4.18. The molecule has 92 valence electrons. The van der Waals surface area contributed by atoms with Gasteiger partial charge in [0.1, 0.15) is 0 Å². The van der Waals surface area contributed by atoms with Crippen LogP contribution in [0.4, 0.5) is 5.69 Å². The molecule has 0 radical (unpaired) electrons. The number of imide groups is 1. The van der Waals surface area contributed by atoms with Crippen molar-refractivity contribution in [2.75, 3.05) is 4.90 Å². The van der Waals surface area contributed by atoms with E-state index in [9.17, 15) is 14.4 Å². The monoisotopic (exact) mass is 265 g/mol. The summed E-state index contributed by atoms with van der Waals surface area (Å²) in [6.07, 6.45) is 1.21. The third-order valence-corrected chi connectivity index (χ3v) is 2.84. The van der Waals surface area contributed by atoms with Crippen molar-refractivity contribution in [2.45, 2.75) is 6.92 Å². The molecule has 1 aromatic carbocycles. The van der Waals surface area contributed by atoms with E-state index in [0.29, 0.717) is 5.57 Å². The van der Waals surface area contributed by atoms with Crippen LogP contribution in [0.1, 0.15) is 17.3 Å². The molecule has 1 aromatic rings. The number of amides is 2. The Morgan fingerprint density at radius 3 is 2.44 bits per heavy atom. The predicted molar refractivity (Wildman–Crippen MR) is 64.7 cm³/mol. The molecule has 5 nitrogen and oxygen atoms in total. The van der Waals surface area contributed by atoms with Crippen LogP contribution < -0.4 is 4.90 Å². The van der Waals surface area contributed by atoms with Crippen LogP contribution in [0.15, 0.2) is 29.8 Å². The molecule has 2 amide bonds. The van der Waals surface area contributed by atoms with Crippen molar-refractivity contribution in [3.63, 3.8) is 0 Å². The normalized spacial score (nSPS) is 15.0. The first-order chi connectivity index (χ1) is 8.41. The maximum atomic E-state index is 11.7. The van der Waals surface area contributed by atoms with Crippen LogP contribution in [0.3, 0.4) is 0 Å². The van der Waals surface area contributed by atoms with Gasteiger partial charge in [-0.05, 0) is 25.1 Å². The van der Waals surface area contributed by atoms with Crippen molar-refractivity contribution in [3.05, 3.63) is 40.4 Å². The van der Waals surface area contributed by atoms with E-state index in [0.717, 1.165) is 4.90 Å². The fourth-order valence-electron chi connectivity index (χ4n) is 1.64. The van der Waals surface area contributed by atoms with Crippen molar-refractivity contribution >= 4 is 35.1 Å². The summed E-state index contributed by atoms with van der Waals surface area (Å²) in [6, 6.07) is 3.83. The van der Waals surface area contributed by atoms with Gasteiger partial charge >= 0.3 is 5.97 Å². The summed E-state index contributed by atoms with van der Waals surface area (Å²) in [5.74, 6) is -2.07. The third kappa shape index (κ3) is 1.89. The van der Waals surface area contributed by atoms with E-state index >= 15 is 0 Å². The van der Waals surface area contributed by atoms with Gasteiger partial charge in [0.15, 0.2) is 0 Å². The lowest BCUT2D eigenvalue weighted by Gasteiger charge is -2.16. The topological polar surface area (TPSA) is 74.7 Å². The van der Waals surface area contributed by atoms with Crippen LogP contribution in [0.25, 0.3) is 0 Å². The minimum absolute atomic E-state index is 0.00692. The van der Waals surface area contributed by atoms with Gasteiger partial charge in [-0.1, -0.05) is 11.6 Å². The molecular weight excluding hydrogens is 258 g/mol. The molecule has 0 aromatic heterocycles. The summed E-state index contributed by atoms with van der Waals surface area (Å²) in [7, 11) is 0. The molecule has 0 saturated carbocycles. The van der Waals surface area contributed by atoms with Crippen molar-refractivity contribution in [1.82, 2.24) is 0 Å². The molecule has 0 unspecified atom stereocenters. The highest BCUT2D eigenvalue weighted by molar-refractivity contribution is 6.38. The van der Waals surface area contributed by atoms with Gasteiger partial charge in [0.25, 0.3) is 11.8 Å². The lowest BCUT2D eigenvalue weighted by molar-refractivity contribution is -0.120. The number of nitrogens with zero attached hydrogens (tertiary/aromatic N) is 1. The summed E-state index contributed by atoms with van der Waals surface area (Å²) in [5.41, 5.74) is 0.496. The fourth-order valence-corrected chi connectivity index (χ4v) is 1.90. The number of halogens is 1. The first kappa shape index (κ1) is 12.3. The average Bonchev–Trinajstić information content (AvgIpc) is 2.54. The highest BCUT2D eigenvalue weighted by atomic mass is 35.5. The summed E-state index contributed by atoms with van der Waals surface area (Å²) >= 11 is 5.90. The van der Waals surface area contributed by atoms with Crippen molar-refractivity contribution in [1.29, 1.82) is 0 Å². The van der Waals surface area contributed by atoms with Crippen LogP contribution in [-0.4, -0.2) is 22.9 Å². The first-order valence-electron chi connectivity index (χ1n) is 5.01. The standard InChI is InChI=1S/C12H8ClNO4/c1-6-4-10(15)14(11(6)16)9-3-2-7(12(17)18)5-8(9)13/h2-5H,1H3,(H,17,18). The lowest BCUT2D eigenvalue weighted by atomic mass is 10.2. The Hall–Kier alpha value is -2.14. The van der Waals surface area contributed by atoms with Gasteiger partial charge in [0, 0.05) is 11.6 Å². The number of aromatic carboxylic acids is 1. The number of benzene rings is 1. The van der Waals surface area contributed by atoms with E-state index in [4.69, 9.17) is 16.7 Å². The van der Waals surface area contributed by atoms with Gasteiger partial charge in [0.05, 0.1) is 16.3 Å². The van der Waals surface area contributed by atoms with Crippen LogP contribution >= 0.6 is 11.6 Å². The Bertz CT molecular complexity index is 606. The number of carbonyl (C=O) groups excluding carboxylic acids is 2. The van der Waals surface area contributed by atoms with Gasteiger partial charge < -0.3 is 5.11 Å². The van der Waals surface area contributed by atoms with E-state index in [1.165, 1.54) is 31.2 Å². The van der Waals surface area contributed by atoms with Crippen molar-refractivity contribution in [2.24, 2.45) is 0 Å². The number of carbonyl (C=O) groups is 3. The molecule has 0 atom stereocenters. The quantitative estimate of drug-likeness (QED) is 0.828. The smallest absolute Gasteiger partial charge is 0.335 e. The molecule has 18 heavy (non-hydrogen) atoms. The van der Waals surface area contributed by atoms with E-state index in [1.54, 1.807) is 0 Å². The second kappa shape index (κ2) is 4.27. The van der Waals surface area contributed by atoms with E-state index < -0.39 is 17.8 Å². The Balaban J connectivity index is 2.45. The van der Waals surface area contributed by atoms with Gasteiger partial charge in [-0.25, -0.2) is 9.69 Å². The molecule has 1 aliphatic heterocycles. The number of hydrogen-bond donors (Lipinski definition) is 1. The molecule has 1 heterocycles. The highest BCUT2D eigenvalue weighted by Gasteiger charge is 2.31. The zero-order valence-electron chi connectivity index (χ0n) is 9.31. The molecule has 1 N–H and O–H groups in total. The van der Waals surface area contributed by atoms with Crippen LogP contribution in [0, 0.1) is 0 Å². The van der Waals surface area contributed by atoms with E-state index in [-0.39, 0.29) is 16.3 Å². The summed E-state index contributed by atoms with van der Waals surface area (Å²) < 4.78 is 0. The van der Waals surface area contributed by atoms with E-state index in [1.807, 2.05) is 0 Å². The number of carboxylic acid groups (broad SMARTS) is 1. The number of rotatable bonds is 2. The molecule has 6 heteroatoms. The molecule has 0 aliphatic carbocycles. The Kier molecular flexibility index (Phi) is 2.92. The van der Waals surface area contributed by atoms with E-state index in [2.05, 4.69) is 0 Å². The van der Waals surface area contributed by atoms with Crippen molar-refractivity contribution < 1.29 is 19.5 Å². The number of hydrogen-bond acceptors (Lipinski definition) is 3. The molecule has 0 fully saturated rings. The summed E-state index contributed by atoms with van der Waals surface area (Å²) in [5, 5.41) is 8.84. The fraction of sp³-hybridized carbons (Fsp3) is 0.0833. The Morgan fingerprint density at radius 2 is 2.00 bits per heavy atom. The zero-order valence-corrected chi connectivity index (χ0v) is 10.1. The largest absolute Gasteiger partial charge is 0.478 e. The Morgan fingerprint density at radius 1 is 1.33 bits per heavy atom. The van der Waals surface area contributed by atoms with Gasteiger partial charge in [0.2, 0.25) is 0 Å². The molecule has 2 rings (SSSR count). The van der Waals surface area contributed by atoms with Gasteiger partial charge in [-0.3, -0.25) is 9.59 Å². The molecule has 0 bridgehead atoms. The molecular formula is C12H8ClNO4. The highest BCUT2D eigenvalue weighted by Crippen LogP contribution is 2.30. The molecule has 0 saturated heterocycles. The second-order valence-electron chi connectivity index (χ2n) is 3.78. The minimum atomic E-state index is -1.13. The molecule has 1 aliphatic rings. The van der Waals surface area contributed by atoms with Crippen LogP contribution in [0.2, 0.25) is 5.02 Å². The number of carboxylic acids is 1. The predicted octanol–water partition coefficient (Wildman–Crippen LogP) is 1.86. The number of anilines is 1. The van der Waals surface area contributed by atoms with Crippen molar-refractivity contribution in [3.8, 4) is 0 Å². The van der Waals surface area contributed by atoms with Gasteiger partial charge in [-0.2, -0.15) is 0 Å². The zero-order chi connectivity index (χ0) is 13.4. The average molecular weight is 266 g/mol. The van der Waals surface area contributed by atoms with Crippen LogP contribution in [0.5, 0.6) is 0 Å². The SMILES string of the molecule is CC1=CC(=O)N(c2ccc(C(=O)O)cc2Cl)C1=O. The van der Waals surface area contributed by atoms with Gasteiger partial charge in [-0.15, -0.1) is 0 Å². The van der Waals surface area contributed by atoms with Crippen LogP contribution in [-0.2, 0) is 9.59 Å². The maximum Gasteiger partial charge on any atom is 0.335 e. The maximum absolute atomic E-state index is 11.7. The first-order valence-corrected chi connectivity index (χ1v) is 5.39. The summed E-state index contributed by atoms with van der Waals surface area (Å²) in [4.78, 5) is 35.0.